The minimum Gasteiger partial charge on any atom is -0.481 e. The summed E-state index contributed by atoms with van der Waals surface area (Å²) < 4.78 is 4.99. The van der Waals surface area contributed by atoms with E-state index in [4.69, 9.17) is 9.84 Å². The van der Waals surface area contributed by atoms with Gasteiger partial charge in [-0.1, -0.05) is 0 Å². The first-order valence-corrected chi connectivity index (χ1v) is 5.58. The van der Waals surface area contributed by atoms with E-state index in [9.17, 15) is 14.4 Å². The van der Waals surface area contributed by atoms with Crippen LogP contribution in [0, 0.1) is 0 Å². The van der Waals surface area contributed by atoms with Crippen LogP contribution in [0.3, 0.4) is 0 Å². The summed E-state index contributed by atoms with van der Waals surface area (Å²) in [6.45, 7) is 5.08. The van der Waals surface area contributed by atoms with E-state index in [2.05, 4.69) is 10.6 Å². The maximum atomic E-state index is 11.5. The number of carboxylic acid groups (broad SMARTS) is 1. The van der Waals surface area contributed by atoms with Crippen LogP contribution in [0.2, 0.25) is 0 Å². The van der Waals surface area contributed by atoms with E-state index in [0.717, 1.165) is 0 Å². The van der Waals surface area contributed by atoms with E-state index in [1.807, 2.05) is 0 Å². The zero-order valence-electron chi connectivity index (χ0n) is 11.1. The van der Waals surface area contributed by atoms with Crippen LogP contribution in [0.25, 0.3) is 0 Å². The van der Waals surface area contributed by atoms with Gasteiger partial charge in [-0.05, 0) is 27.2 Å². The topological polar surface area (TPSA) is 105 Å². The number of nitrogens with one attached hydrogen (secondary N) is 2. The summed E-state index contributed by atoms with van der Waals surface area (Å²) in [4.78, 5) is 33.4. The van der Waals surface area contributed by atoms with Crippen LogP contribution < -0.4 is 10.6 Å². The molecule has 0 aromatic carbocycles. The van der Waals surface area contributed by atoms with Gasteiger partial charge in [-0.25, -0.2) is 4.79 Å². The van der Waals surface area contributed by atoms with E-state index >= 15 is 0 Å². The summed E-state index contributed by atoms with van der Waals surface area (Å²) >= 11 is 0. The Balaban J connectivity index is 4.45. The normalized spacial score (nSPS) is 12.4. The van der Waals surface area contributed by atoms with E-state index in [1.54, 1.807) is 20.8 Å². The molecule has 0 aromatic heterocycles. The number of alkyl carbamates (subject to hydrolysis) is 1. The first-order chi connectivity index (χ1) is 8.15. The molecule has 0 radical (unpaired) electrons. The molecular weight excluding hydrogens is 240 g/mol. The second-order valence-corrected chi connectivity index (χ2v) is 4.75. The van der Waals surface area contributed by atoms with E-state index in [-0.39, 0.29) is 12.8 Å². The predicted molar refractivity (Wildman–Crippen MR) is 64.1 cm³/mol. The van der Waals surface area contributed by atoms with Gasteiger partial charge in [0.05, 0.1) is 0 Å². The molecule has 0 heterocycles. The van der Waals surface area contributed by atoms with Gasteiger partial charge in [-0.15, -0.1) is 0 Å². The molecule has 0 spiro atoms. The molecule has 0 saturated carbocycles. The fourth-order valence-corrected chi connectivity index (χ4v) is 1.16. The number of rotatable bonds is 5. The maximum absolute atomic E-state index is 11.5. The lowest BCUT2D eigenvalue weighted by Gasteiger charge is -2.22. The zero-order chi connectivity index (χ0) is 14.3. The molecule has 0 bridgehead atoms. The van der Waals surface area contributed by atoms with E-state index in [0.29, 0.717) is 0 Å². The lowest BCUT2D eigenvalue weighted by Crippen LogP contribution is -2.47. The van der Waals surface area contributed by atoms with Crippen LogP contribution in [0.5, 0.6) is 0 Å². The van der Waals surface area contributed by atoms with Crippen LogP contribution in [-0.4, -0.2) is 41.8 Å². The number of carbonyl (C=O) groups excluding carboxylic acids is 2. The van der Waals surface area contributed by atoms with Gasteiger partial charge in [0, 0.05) is 13.5 Å². The highest BCUT2D eigenvalue weighted by atomic mass is 16.6. The van der Waals surface area contributed by atoms with Crippen molar-refractivity contribution in [2.24, 2.45) is 0 Å². The molecule has 1 atom stereocenters. The van der Waals surface area contributed by atoms with E-state index in [1.165, 1.54) is 7.05 Å². The number of likely N-dealkylation sites (N-methyl/N-ethyl adjacent to an activating group) is 1. The zero-order valence-corrected chi connectivity index (χ0v) is 11.1. The molecule has 18 heavy (non-hydrogen) atoms. The van der Waals surface area contributed by atoms with Gasteiger partial charge in [-0.3, -0.25) is 9.59 Å². The van der Waals surface area contributed by atoms with E-state index < -0.39 is 29.6 Å². The third kappa shape index (κ3) is 7.48. The molecule has 0 fully saturated rings. The molecule has 0 aliphatic carbocycles. The van der Waals surface area contributed by atoms with Crippen LogP contribution in [0.15, 0.2) is 0 Å². The highest BCUT2D eigenvalue weighted by molar-refractivity contribution is 5.85. The Morgan fingerprint density at radius 3 is 2.22 bits per heavy atom. The molecule has 7 nitrogen and oxygen atoms in total. The van der Waals surface area contributed by atoms with Crippen molar-refractivity contribution in [2.75, 3.05) is 7.05 Å². The fraction of sp³-hybridized carbons (Fsp3) is 0.727. The Labute approximate surface area is 106 Å². The number of hydrogen-bond acceptors (Lipinski definition) is 4. The first kappa shape index (κ1) is 16.2. The number of ether oxygens (including phenoxy) is 1. The molecular formula is C11H20N2O5. The fourth-order valence-electron chi connectivity index (χ4n) is 1.16. The van der Waals surface area contributed by atoms with Crippen LogP contribution in [0.1, 0.15) is 33.6 Å². The quantitative estimate of drug-likeness (QED) is 0.667. The van der Waals surface area contributed by atoms with Crippen molar-refractivity contribution in [3.05, 3.63) is 0 Å². The predicted octanol–water partition coefficient (Wildman–Crippen LogP) is 0.490. The Morgan fingerprint density at radius 1 is 1.28 bits per heavy atom. The summed E-state index contributed by atoms with van der Waals surface area (Å²) in [5.41, 5.74) is -0.676. The standard InChI is InChI=1S/C11H20N2O5/c1-11(2,3)18-10(17)13-7(9(16)12-4)5-6-8(14)15/h7H,5-6H2,1-4H3,(H,12,16)(H,13,17)(H,14,15)/t7-/m1/s1. The first-order valence-electron chi connectivity index (χ1n) is 5.58. The third-order valence-corrected chi connectivity index (χ3v) is 1.90. The second kappa shape index (κ2) is 6.83. The van der Waals surface area contributed by atoms with Gasteiger partial charge in [0.1, 0.15) is 11.6 Å². The summed E-state index contributed by atoms with van der Waals surface area (Å²) in [5, 5.41) is 13.3. The average Bonchev–Trinajstić information content (AvgIpc) is 2.20. The number of hydrogen-bond donors (Lipinski definition) is 3. The van der Waals surface area contributed by atoms with Crippen LogP contribution in [-0.2, 0) is 14.3 Å². The lowest BCUT2D eigenvalue weighted by molar-refractivity contribution is -0.137. The summed E-state index contributed by atoms with van der Waals surface area (Å²) in [7, 11) is 1.41. The van der Waals surface area contributed by atoms with Crippen molar-refractivity contribution in [2.45, 2.75) is 45.3 Å². The van der Waals surface area contributed by atoms with Crippen molar-refractivity contribution < 1.29 is 24.2 Å². The Morgan fingerprint density at radius 2 is 1.83 bits per heavy atom. The Kier molecular flexibility index (Phi) is 6.15. The molecule has 0 aromatic rings. The van der Waals surface area contributed by atoms with Crippen molar-refractivity contribution in [1.82, 2.24) is 10.6 Å². The monoisotopic (exact) mass is 260 g/mol. The maximum Gasteiger partial charge on any atom is 0.408 e. The van der Waals surface area contributed by atoms with Gasteiger partial charge in [0.25, 0.3) is 0 Å². The largest absolute Gasteiger partial charge is 0.481 e. The SMILES string of the molecule is CNC(=O)[C@@H](CCC(=O)O)NC(=O)OC(C)(C)C. The highest BCUT2D eigenvalue weighted by Gasteiger charge is 2.24. The molecule has 0 aliphatic rings. The molecule has 7 heteroatoms. The number of aliphatic carboxylic acids is 1. The van der Waals surface area contributed by atoms with Gasteiger partial charge in [-0.2, -0.15) is 0 Å². The van der Waals surface area contributed by atoms with Crippen LogP contribution >= 0.6 is 0 Å². The minimum atomic E-state index is -1.03. The van der Waals surface area contributed by atoms with Gasteiger partial charge >= 0.3 is 12.1 Å². The summed E-state index contributed by atoms with van der Waals surface area (Å²) in [5.74, 6) is -1.49. The molecule has 0 saturated heterocycles. The second-order valence-electron chi connectivity index (χ2n) is 4.75. The van der Waals surface area contributed by atoms with Crippen LogP contribution in [0.4, 0.5) is 4.79 Å². The average molecular weight is 260 g/mol. The molecule has 104 valence electrons. The smallest absolute Gasteiger partial charge is 0.408 e. The summed E-state index contributed by atoms with van der Waals surface area (Å²) in [6, 6.07) is -0.916. The number of carboxylic acids is 1. The Bertz CT molecular complexity index is 322. The highest BCUT2D eigenvalue weighted by Crippen LogP contribution is 2.07. The Hall–Kier alpha value is -1.79. The molecule has 0 aliphatic heterocycles. The number of carbonyl (C=O) groups is 3. The molecule has 0 rings (SSSR count). The summed E-state index contributed by atoms with van der Waals surface area (Å²) in [6.07, 6.45) is -0.955. The number of amides is 2. The van der Waals surface area contributed by atoms with Gasteiger partial charge in [0.15, 0.2) is 0 Å². The van der Waals surface area contributed by atoms with Gasteiger partial charge < -0.3 is 20.5 Å². The lowest BCUT2D eigenvalue weighted by atomic mass is 10.1. The third-order valence-electron chi connectivity index (χ3n) is 1.90. The van der Waals surface area contributed by atoms with Crippen molar-refractivity contribution >= 4 is 18.0 Å². The molecule has 3 N–H and O–H groups in total. The van der Waals surface area contributed by atoms with Crippen molar-refractivity contribution in [1.29, 1.82) is 0 Å². The minimum absolute atomic E-state index is 0.00818. The molecule has 0 unspecified atom stereocenters. The van der Waals surface area contributed by atoms with Crippen molar-refractivity contribution in [3.63, 3.8) is 0 Å². The van der Waals surface area contributed by atoms with Gasteiger partial charge in [0.2, 0.25) is 5.91 Å². The van der Waals surface area contributed by atoms with Crippen molar-refractivity contribution in [3.8, 4) is 0 Å². The molecule has 2 amide bonds.